The molecule has 4 N–H and O–H groups in total. The number of allylic oxidation sites excluding steroid dienone is 1. The van der Waals surface area contributed by atoms with E-state index in [2.05, 4.69) is 26.8 Å². The first-order valence-electron chi connectivity index (χ1n) is 11.7. The number of fused-ring (bicyclic) bond motifs is 1. The van der Waals surface area contributed by atoms with Crippen molar-refractivity contribution in [2.24, 2.45) is 0 Å². The van der Waals surface area contributed by atoms with E-state index in [0.717, 1.165) is 28.0 Å². The van der Waals surface area contributed by atoms with Gasteiger partial charge in [-0.1, -0.05) is 43.0 Å². The van der Waals surface area contributed by atoms with Crippen molar-refractivity contribution in [2.75, 3.05) is 32.5 Å². The number of alkyl carbamates (subject to hydrolysis) is 1. The number of carbonyl (C=O) groups is 1. The number of hydrogen-bond acceptors (Lipinski definition) is 7. The predicted octanol–water partition coefficient (Wildman–Crippen LogP) is 3.72. The molecule has 0 aliphatic rings. The van der Waals surface area contributed by atoms with Crippen molar-refractivity contribution in [1.29, 1.82) is 0 Å². The maximum atomic E-state index is 11.8. The van der Waals surface area contributed by atoms with Crippen LogP contribution in [0.1, 0.15) is 42.1 Å². The summed E-state index contributed by atoms with van der Waals surface area (Å²) in [6.45, 7) is 10.7. The normalized spacial score (nSPS) is 11.3. The highest BCUT2D eigenvalue weighted by Gasteiger charge is 2.19. The van der Waals surface area contributed by atoms with Crippen molar-refractivity contribution < 1.29 is 14.3 Å². The van der Waals surface area contributed by atoms with E-state index in [1.54, 1.807) is 13.1 Å². The number of amides is 1. The van der Waals surface area contributed by atoms with Crippen molar-refractivity contribution >= 4 is 35.1 Å². The fraction of sp³-hybridized carbons (Fsp3) is 0.346. The zero-order valence-corrected chi connectivity index (χ0v) is 20.6. The van der Waals surface area contributed by atoms with Crippen molar-refractivity contribution in [1.82, 2.24) is 25.2 Å². The van der Waals surface area contributed by atoms with Crippen molar-refractivity contribution in [3.8, 4) is 0 Å². The van der Waals surface area contributed by atoms with Gasteiger partial charge in [-0.15, -0.1) is 0 Å². The molecule has 3 rings (SSSR count). The van der Waals surface area contributed by atoms with Crippen LogP contribution in [0.15, 0.2) is 36.9 Å². The minimum atomic E-state index is -0.435. The van der Waals surface area contributed by atoms with E-state index >= 15 is 0 Å². The van der Waals surface area contributed by atoms with Gasteiger partial charge in [0, 0.05) is 31.8 Å². The first-order valence-corrected chi connectivity index (χ1v) is 11.7. The van der Waals surface area contributed by atoms with Gasteiger partial charge < -0.3 is 30.4 Å². The van der Waals surface area contributed by atoms with Gasteiger partial charge in [0.25, 0.3) is 0 Å². The number of pyridine rings is 1. The Hall–Kier alpha value is -3.69. The van der Waals surface area contributed by atoms with Crippen LogP contribution in [0.4, 0.5) is 10.6 Å². The topological polar surface area (TPSA) is 116 Å². The molecule has 0 saturated heterocycles. The zero-order chi connectivity index (χ0) is 25.2. The first-order chi connectivity index (χ1) is 17.0. The molecule has 0 spiro atoms. The Balaban J connectivity index is 1.89. The zero-order valence-electron chi connectivity index (χ0n) is 20.6. The summed E-state index contributed by atoms with van der Waals surface area (Å²) in [5.74, 6) is 1.14. The molecule has 186 valence electrons. The second-order valence-corrected chi connectivity index (χ2v) is 7.86. The lowest BCUT2D eigenvalue weighted by Gasteiger charge is -2.13. The van der Waals surface area contributed by atoms with E-state index in [9.17, 15) is 4.79 Å². The van der Waals surface area contributed by atoms with Gasteiger partial charge in [0.05, 0.1) is 11.2 Å². The molecule has 0 bridgehead atoms. The molecule has 1 amide bonds. The number of nitrogens with zero attached hydrogens (tertiary/aromatic N) is 3. The van der Waals surface area contributed by atoms with Crippen LogP contribution in [0, 0.1) is 0 Å². The van der Waals surface area contributed by atoms with Crippen molar-refractivity contribution in [3.63, 3.8) is 0 Å². The third kappa shape index (κ3) is 6.46. The van der Waals surface area contributed by atoms with Crippen LogP contribution in [-0.4, -0.2) is 47.4 Å². The fourth-order valence-electron chi connectivity index (χ4n) is 3.69. The Morgan fingerprint density at radius 3 is 2.63 bits per heavy atom. The lowest BCUT2D eigenvalue weighted by molar-refractivity contribution is 0.126. The summed E-state index contributed by atoms with van der Waals surface area (Å²) in [6, 6.07) is 8.05. The van der Waals surface area contributed by atoms with E-state index in [0.29, 0.717) is 56.5 Å². The average molecular weight is 479 g/mol. The Labute approximate surface area is 206 Å². The number of nitrogens with one attached hydrogen (secondary N) is 2. The fourth-order valence-corrected chi connectivity index (χ4v) is 3.69. The van der Waals surface area contributed by atoms with Crippen LogP contribution < -0.4 is 16.4 Å². The molecule has 0 fully saturated rings. The molecule has 35 heavy (non-hydrogen) atoms. The molecule has 9 heteroatoms. The summed E-state index contributed by atoms with van der Waals surface area (Å²) in [4.78, 5) is 21.0. The molecule has 3 aromatic rings. The molecule has 2 heterocycles. The Morgan fingerprint density at radius 2 is 1.97 bits per heavy atom. The SMILES string of the molecule is C=Cc1nc(N)c2nc(COCC)n(Cc3ccc(CNC(=O)OCCNC)cc3)c2c1/C=C\C. The maximum absolute atomic E-state index is 11.8. The van der Waals surface area contributed by atoms with E-state index in [1.165, 1.54) is 0 Å². The quantitative estimate of drug-likeness (QED) is 0.340. The smallest absolute Gasteiger partial charge is 0.407 e. The predicted molar refractivity (Wildman–Crippen MR) is 140 cm³/mol. The summed E-state index contributed by atoms with van der Waals surface area (Å²) < 4.78 is 12.9. The lowest BCUT2D eigenvalue weighted by Crippen LogP contribution is -2.26. The highest BCUT2D eigenvalue weighted by Crippen LogP contribution is 2.29. The molecule has 0 radical (unpaired) electrons. The molecule has 0 aliphatic carbocycles. The minimum absolute atomic E-state index is 0.326. The summed E-state index contributed by atoms with van der Waals surface area (Å²) in [6.07, 6.45) is 5.23. The Morgan fingerprint density at radius 1 is 1.23 bits per heavy atom. The number of hydrogen-bond donors (Lipinski definition) is 3. The molecular formula is C26H34N6O3. The van der Waals surface area contributed by atoms with Crippen LogP contribution in [0.3, 0.4) is 0 Å². The molecule has 0 atom stereocenters. The summed E-state index contributed by atoms with van der Waals surface area (Å²) in [5.41, 5.74) is 11.5. The van der Waals surface area contributed by atoms with Crippen LogP contribution in [0.25, 0.3) is 23.2 Å². The highest BCUT2D eigenvalue weighted by molar-refractivity contribution is 5.94. The maximum Gasteiger partial charge on any atom is 0.407 e. The molecule has 9 nitrogen and oxygen atoms in total. The van der Waals surface area contributed by atoms with Gasteiger partial charge in [0.15, 0.2) is 5.82 Å². The van der Waals surface area contributed by atoms with Gasteiger partial charge in [0.2, 0.25) is 0 Å². The molecule has 0 aliphatic heterocycles. The van der Waals surface area contributed by atoms with E-state index in [1.807, 2.05) is 50.3 Å². The number of nitrogens with two attached hydrogens (primary N) is 1. The number of likely N-dealkylation sites (N-methyl/N-ethyl adjacent to an activating group) is 1. The lowest BCUT2D eigenvalue weighted by atomic mass is 10.1. The number of rotatable bonds is 12. The molecular weight excluding hydrogens is 444 g/mol. The Bertz CT molecular complexity index is 1180. The molecule has 1 aromatic carbocycles. The number of nitrogen functional groups attached to an aromatic ring is 1. The van der Waals surface area contributed by atoms with Crippen molar-refractivity contribution in [2.45, 2.75) is 33.5 Å². The second-order valence-electron chi connectivity index (χ2n) is 7.86. The summed E-state index contributed by atoms with van der Waals surface area (Å²) in [7, 11) is 1.81. The number of aromatic nitrogens is 3. The second kappa shape index (κ2) is 12.7. The standard InChI is InChI=1S/C26H34N6O3/c1-5-8-20-21(6-2)30-25(27)23-24(20)32(22(31-23)17-34-7-3)16-19-11-9-18(10-12-19)15-29-26(33)35-14-13-28-4/h5-6,8-12,28H,2,7,13-17H2,1,3-4H3,(H2,27,30)(H,29,33)/b8-5-. The molecule has 0 saturated carbocycles. The Kier molecular flexibility index (Phi) is 9.39. The van der Waals surface area contributed by atoms with Crippen LogP contribution in [0.2, 0.25) is 0 Å². The monoisotopic (exact) mass is 478 g/mol. The number of benzene rings is 1. The summed E-state index contributed by atoms with van der Waals surface area (Å²) in [5, 5.41) is 5.69. The van der Waals surface area contributed by atoms with Gasteiger partial charge in [-0.3, -0.25) is 0 Å². The van der Waals surface area contributed by atoms with E-state index in [-0.39, 0.29) is 0 Å². The third-order valence-corrected chi connectivity index (χ3v) is 5.41. The third-order valence-electron chi connectivity index (χ3n) is 5.41. The minimum Gasteiger partial charge on any atom is -0.448 e. The average Bonchev–Trinajstić information content (AvgIpc) is 3.22. The van der Waals surface area contributed by atoms with Gasteiger partial charge in [-0.2, -0.15) is 0 Å². The van der Waals surface area contributed by atoms with Gasteiger partial charge in [-0.25, -0.2) is 14.8 Å². The number of imidazole rings is 1. The number of anilines is 1. The first kappa shape index (κ1) is 25.9. The van der Waals surface area contributed by atoms with Gasteiger partial charge >= 0.3 is 6.09 Å². The van der Waals surface area contributed by atoms with Gasteiger partial charge in [-0.05, 0) is 38.1 Å². The van der Waals surface area contributed by atoms with Crippen LogP contribution in [0.5, 0.6) is 0 Å². The number of carbonyl (C=O) groups excluding carboxylic acids is 1. The summed E-state index contributed by atoms with van der Waals surface area (Å²) >= 11 is 0. The van der Waals surface area contributed by atoms with Crippen LogP contribution in [-0.2, 0) is 29.2 Å². The van der Waals surface area contributed by atoms with Crippen molar-refractivity contribution in [3.05, 3.63) is 65.1 Å². The largest absolute Gasteiger partial charge is 0.448 e. The number of ether oxygens (including phenoxy) is 2. The van der Waals surface area contributed by atoms with Crippen LogP contribution >= 0.6 is 0 Å². The van der Waals surface area contributed by atoms with E-state index < -0.39 is 6.09 Å². The van der Waals surface area contributed by atoms with E-state index in [4.69, 9.17) is 20.2 Å². The van der Waals surface area contributed by atoms with Gasteiger partial charge in [0.1, 0.15) is 24.6 Å². The highest BCUT2D eigenvalue weighted by atomic mass is 16.5. The molecule has 2 aromatic heterocycles. The molecule has 0 unspecified atom stereocenters.